The number of nitrogens with one attached hydrogen (secondary N) is 1. The molecule has 0 radical (unpaired) electrons. The molecule has 3 aromatic carbocycles. The Morgan fingerprint density at radius 1 is 1.00 bits per heavy atom. The van der Waals surface area contributed by atoms with Crippen molar-refractivity contribution in [3.8, 4) is 16.1 Å². The number of aryl methyl sites for hydroxylation is 1. The van der Waals surface area contributed by atoms with Crippen LogP contribution in [-0.4, -0.2) is 94.6 Å². The van der Waals surface area contributed by atoms with E-state index in [9.17, 15) is 19.5 Å². The second kappa shape index (κ2) is 18.2. The number of fused-ring (bicyclic) bond motifs is 7. The molecular formula is C55H64BrN9O4S. The van der Waals surface area contributed by atoms with E-state index in [-0.39, 0.29) is 47.2 Å². The summed E-state index contributed by atoms with van der Waals surface area (Å²) < 4.78 is 4.82. The highest BCUT2D eigenvalue weighted by Gasteiger charge is 2.50. The zero-order valence-corrected chi connectivity index (χ0v) is 43.4. The van der Waals surface area contributed by atoms with Gasteiger partial charge >= 0.3 is 0 Å². The van der Waals surface area contributed by atoms with E-state index in [0.717, 1.165) is 121 Å². The molecule has 5 aliphatic rings. The third-order valence-corrected chi connectivity index (χ3v) is 18.3. The van der Waals surface area contributed by atoms with E-state index in [2.05, 4.69) is 65.2 Å². The quantitative estimate of drug-likeness (QED) is 0.129. The fraction of sp³-hybridized carbons (Fsp3) is 0.509. The molecule has 2 saturated heterocycles. The van der Waals surface area contributed by atoms with Gasteiger partial charge in [-0.2, -0.15) is 4.98 Å². The number of carbonyl (C=O) groups is 2. The number of aliphatic hydroxyl groups excluding tert-OH is 1. The molecule has 3 aliphatic heterocycles. The number of amides is 2. The standard InChI is InChI=1S/C55H64BrN9O4S/c1-33(35-12-14-37(15-13-35)47-34(2)57-32-70-47)58-49(67)44-29-39(66)30-63(44)51(69)48(53(3,4)5)64-31-45(60-61-64)54(22-23-54)24-27-62-25-18-36(19-26-62)38-16-17-40-43(28-38)65-42-11-9-10-41(56)46(42)50(68)59-52(65)55(40)20-7-6-8-21-55/h9-17,28,31-33,36,39,44,48,66H,6-8,18-27,29-30H2,1-5H3,(H,58,67)/t33-,39+,44-,48+/m0/s1. The molecule has 3 aromatic heterocycles. The fourth-order valence-corrected chi connectivity index (χ4v) is 13.8. The van der Waals surface area contributed by atoms with Crippen LogP contribution in [-0.2, 0) is 20.4 Å². The summed E-state index contributed by atoms with van der Waals surface area (Å²) in [5.41, 5.74) is 9.62. The Hall–Kier alpha value is -5.09. The minimum absolute atomic E-state index is 0.0733. The molecule has 6 heterocycles. The monoisotopic (exact) mass is 1030 g/mol. The first-order valence-electron chi connectivity index (χ1n) is 25.4. The SMILES string of the molecule is Cc1ncsc1-c1ccc([C@H](C)NC(=O)[C@@H]2C[C@@H](O)CN2C(=O)[C@@H](n2cc(C3(CCN4CCC(c5ccc6c(c5)-n5c(nc(=O)c7c(Br)cccc75)C65CCCCC5)CC4)CC3)nn2)C(C)(C)C)cc1. The largest absolute Gasteiger partial charge is 0.391 e. The van der Waals surface area contributed by atoms with Gasteiger partial charge in [0.05, 0.1) is 55.9 Å². The molecule has 1 spiro atoms. The molecule has 6 aromatic rings. The Kier molecular flexibility index (Phi) is 12.3. The van der Waals surface area contributed by atoms with E-state index >= 15 is 0 Å². The van der Waals surface area contributed by atoms with Crippen LogP contribution in [0.15, 0.2) is 81.6 Å². The minimum atomic E-state index is -0.809. The normalized spacial score (nSPS) is 21.7. The van der Waals surface area contributed by atoms with Gasteiger partial charge in [-0.05, 0) is 146 Å². The number of β-amino-alcohol motifs (C(OH)–C–C–N with tert-alkyl or cyclic N) is 1. The summed E-state index contributed by atoms with van der Waals surface area (Å²) in [7, 11) is 0. The van der Waals surface area contributed by atoms with Gasteiger partial charge in [-0.15, -0.1) is 16.4 Å². The van der Waals surface area contributed by atoms with Gasteiger partial charge in [0.15, 0.2) is 0 Å². The summed E-state index contributed by atoms with van der Waals surface area (Å²) in [4.78, 5) is 56.7. The van der Waals surface area contributed by atoms with Crippen molar-refractivity contribution in [1.29, 1.82) is 0 Å². The first-order chi connectivity index (χ1) is 33.6. The van der Waals surface area contributed by atoms with Crippen molar-refractivity contribution in [2.45, 2.75) is 146 Å². The summed E-state index contributed by atoms with van der Waals surface area (Å²) >= 11 is 5.27. The second-order valence-corrected chi connectivity index (χ2v) is 23.9. The van der Waals surface area contributed by atoms with Crippen molar-refractivity contribution in [1.82, 2.24) is 44.6 Å². The number of thiazole rings is 1. The second-order valence-electron chi connectivity index (χ2n) is 22.1. The fourth-order valence-electron chi connectivity index (χ4n) is 12.5. The average Bonchev–Trinajstić information content (AvgIpc) is 3.63. The lowest BCUT2D eigenvalue weighted by atomic mass is 9.69. The Morgan fingerprint density at radius 3 is 2.46 bits per heavy atom. The lowest BCUT2D eigenvalue weighted by molar-refractivity contribution is -0.144. The minimum Gasteiger partial charge on any atom is -0.391 e. The number of nitrogens with zero attached hydrogens (tertiary/aromatic N) is 8. The summed E-state index contributed by atoms with van der Waals surface area (Å²) in [6.45, 7) is 13.1. The van der Waals surface area contributed by atoms with Crippen molar-refractivity contribution in [2.75, 3.05) is 26.2 Å². The molecule has 4 atom stereocenters. The number of carbonyl (C=O) groups excluding carboxylic acids is 2. The summed E-state index contributed by atoms with van der Waals surface area (Å²) in [5, 5.41) is 24.1. The molecule has 2 N–H and O–H groups in total. The number of hydrogen-bond donors (Lipinski definition) is 2. The molecule has 2 amide bonds. The van der Waals surface area contributed by atoms with Crippen LogP contribution in [0.4, 0.5) is 0 Å². The molecule has 366 valence electrons. The molecular weight excluding hydrogens is 963 g/mol. The molecule has 11 rings (SSSR count). The van der Waals surface area contributed by atoms with Crippen LogP contribution in [0.3, 0.4) is 0 Å². The maximum Gasteiger partial charge on any atom is 0.281 e. The summed E-state index contributed by atoms with van der Waals surface area (Å²) in [5.74, 6) is 0.852. The highest BCUT2D eigenvalue weighted by molar-refractivity contribution is 9.10. The van der Waals surface area contributed by atoms with Crippen LogP contribution in [0.2, 0.25) is 0 Å². The van der Waals surface area contributed by atoms with Crippen molar-refractivity contribution in [2.24, 2.45) is 5.41 Å². The van der Waals surface area contributed by atoms with Gasteiger partial charge in [0, 0.05) is 29.1 Å². The molecule has 2 aliphatic carbocycles. The predicted molar refractivity (Wildman–Crippen MR) is 276 cm³/mol. The molecule has 15 heteroatoms. The van der Waals surface area contributed by atoms with Crippen molar-refractivity contribution < 1.29 is 14.7 Å². The Labute approximate surface area is 422 Å². The number of rotatable bonds is 11. The van der Waals surface area contributed by atoms with E-state index in [4.69, 9.17) is 10.1 Å². The number of piperidine rings is 1. The highest BCUT2D eigenvalue weighted by atomic mass is 79.9. The van der Waals surface area contributed by atoms with Gasteiger partial charge in [0.25, 0.3) is 5.56 Å². The van der Waals surface area contributed by atoms with Crippen LogP contribution in [0.5, 0.6) is 0 Å². The zero-order chi connectivity index (χ0) is 48.7. The van der Waals surface area contributed by atoms with Gasteiger partial charge in [0.1, 0.15) is 17.9 Å². The van der Waals surface area contributed by atoms with E-state index in [1.54, 1.807) is 20.9 Å². The Morgan fingerprint density at radius 2 is 1.76 bits per heavy atom. The first-order valence-corrected chi connectivity index (χ1v) is 27.1. The van der Waals surface area contributed by atoms with Gasteiger partial charge in [-0.3, -0.25) is 19.0 Å². The molecule has 0 unspecified atom stereocenters. The molecule has 13 nitrogen and oxygen atoms in total. The van der Waals surface area contributed by atoms with E-state index in [1.807, 2.05) is 82.7 Å². The van der Waals surface area contributed by atoms with E-state index < -0.39 is 23.6 Å². The van der Waals surface area contributed by atoms with E-state index in [0.29, 0.717) is 11.3 Å². The lowest BCUT2D eigenvalue weighted by Crippen LogP contribution is -2.50. The van der Waals surface area contributed by atoms with Crippen molar-refractivity contribution in [3.63, 3.8) is 0 Å². The van der Waals surface area contributed by atoms with Crippen molar-refractivity contribution >= 4 is 50.0 Å². The third kappa shape index (κ3) is 8.35. The summed E-state index contributed by atoms with van der Waals surface area (Å²) in [6, 6.07) is 19.5. The Bertz CT molecular complexity index is 3030. The first kappa shape index (κ1) is 47.2. The van der Waals surface area contributed by atoms with Gasteiger partial charge in [-0.25, -0.2) is 9.67 Å². The van der Waals surface area contributed by atoms with Crippen LogP contribution < -0.4 is 10.9 Å². The molecule has 70 heavy (non-hydrogen) atoms. The Balaban J connectivity index is 0.743. The number of aromatic nitrogens is 6. The topological polar surface area (TPSA) is 151 Å². The number of benzene rings is 3. The van der Waals surface area contributed by atoms with Crippen LogP contribution in [0, 0.1) is 12.3 Å². The highest BCUT2D eigenvalue weighted by Crippen LogP contribution is 2.53. The number of aliphatic hydroxyl groups is 1. The van der Waals surface area contributed by atoms with E-state index in [1.165, 1.54) is 23.2 Å². The van der Waals surface area contributed by atoms with Crippen LogP contribution in [0.25, 0.3) is 27.0 Å². The maximum absolute atomic E-state index is 14.7. The molecule has 0 bridgehead atoms. The number of likely N-dealkylation sites (tertiary alicyclic amines) is 2. The molecule has 2 saturated carbocycles. The lowest BCUT2D eigenvalue weighted by Gasteiger charge is -2.35. The smallest absolute Gasteiger partial charge is 0.281 e. The van der Waals surface area contributed by atoms with Crippen LogP contribution in [0.1, 0.15) is 150 Å². The van der Waals surface area contributed by atoms with Crippen LogP contribution >= 0.6 is 27.3 Å². The third-order valence-electron chi connectivity index (χ3n) is 16.6. The number of halogens is 1. The van der Waals surface area contributed by atoms with Crippen molar-refractivity contribution in [3.05, 3.63) is 121 Å². The molecule has 4 fully saturated rings. The summed E-state index contributed by atoms with van der Waals surface area (Å²) in [6.07, 6.45) is 12.1. The zero-order valence-electron chi connectivity index (χ0n) is 41.0. The van der Waals surface area contributed by atoms with Gasteiger partial charge in [0.2, 0.25) is 11.8 Å². The van der Waals surface area contributed by atoms with Gasteiger partial charge < -0.3 is 20.2 Å². The maximum atomic E-state index is 14.7. The number of hydrogen-bond acceptors (Lipinski definition) is 10. The predicted octanol–water partition coefficient (Wildman–Crippen LogP) is 9.46. The van der Waals surface area contributed by atoms with Gasteiger partial charge in [-0.1, -0.05) is 87.7 Å². The average molecular weight is 1030 g/mol.